The van der Waals surface area contributed by atoms with Gasteiger partial charge in [-0.3, -0.25) is 4.79 Å². The van der Waals surface area contributed by atoms with Crippen molar-refractivity contribution in [2.75, 3.05) is 0 Å². The molecule has 0 atom stereocenters. The van der Waals surface area contributed by atoms with E-state index >= 15 is 0 Å². The van der Waals surface area contributed by atoms with Crippen molar-refractivity contribution in [3.63, 3.8) is 0 Å². The summed E-state index contributed by atoms with van der Waals surface area (Å²) >= 11 is 3.16. The van der Waals surface area contributed by atoms with Gasteiger partial charge < -0.3 is 9.67 Å². The average Bonchev–Trinajstić information content (AvgIpc) is 2.27. The largest absolute Gasteiger partial charge is 0.504 e. The summed E-state index contributed by atoms with van der Waals surface area (Å²) in [6.45, 7) is 0. The van der Waals surface area contributed by atoms with E-state index in [9.17, 15) is 9.90 Å². The van der Waals surface area contributed by atoms with Crippen molar-refractivity contribution in [3.8, 4) is 11.8 Å². The molecule has 0 aliphatic carbocycles. The molecular weight excluding hydrogens is 274 g/mol. The number of pyridine rings is 2. The summed E-state index contributed by atoms with van der Waals surface area (Å²) < 4.78 is 1.81. The maximum Gasteiger partial charge on any atom is 0.272 e. The van der Waals surface area contributed by atoms with Crippen LogP contribution in [0.25, 0.3) is 11.0 Å². The van der Waals surface area contributed by atoms with Crippen LogP contribution in [0.5, 0.6) is 5.75 Å². The highest BCUT2D eigenvalue weighted by Gasteiger charge is 2.15. The summed E-state index contributed by atoms with van der Waals surface area (Å²) in [4.78, 5) is 15.7. The molecule has 0 saturated heterocycles. The normalized spacial score (nSPS) is 10.3. The van der Waals surface area contributed by atoms with Crippen LogP contribution >= 0.6 is 15.9 Å². The van der Waals surface area contributed by atoms with E-state index in [1.807, 2.05) is 0 Å². The van der Waals surface area contributed by atoms with Gasteiger partial charge in [-0.2, -0.15) is 5.26 Å². The lowest BCUT2D eigenvalue weighted by molar-refractivity contribution is 0.476. The van der Waals surface area contributed by atoms with Gasteiger partial charge in [0.1, 0.15) is 16.2 Å². The number of aromatic hydroxyl groups is 1. The van der Waals surface area contributed by atoms with E-state index in [-0.39, 0.29) is 16.8 Å². The lowest BCUT2D eigenvalue weighted by Gasteiger charge is -2.07. The summed E-state index contributed by atoms with van der Waals surface area (Å²) in [7, 11) is 1.53. The molecule has 0 amide bonds. The number of nitriles is 1. The van der Waals surface area contributed by atoms with Crippen LogP contribution in [-0.2, 0) is 7.05 Å². The molecule has 0 aliphatic heterocycles. The standard InChI is InChI=1S/C10H6BrN3O2/c1-14-6-2-3-7(11)13-8(6)9(15)5(4-12)10(14)16/h2-3,15H,1H3. The number of fused-ring (bicyclic) bond motifs is 1. The average molecular weight is 280 g/mol. The lowest BCUT2D eigenvalue weighted by Crippen LogP contribution is -2.20. The molecule has 0 bridgehead atoms. The minimum absolute atomic E-state index is 0.230. The van der Waals surface area contributed by atoms with Gasteiger partial charge in [0.05, 0.1) is 5.52 Å². The van der Waals surface area contributed by atoms with Crippen molar-refractivity contribution in [3.05, 3.63) is 32.7 Å². The zero-order valence-electron chi connectivity index (χ0n) is 8.23. The van der Waals surface area contributed by atoms with Crippen LogP contribution in [0.3, 0.4) is 0 Å². The van der Waals surface area contributed by atoms with Gasteiger partial charge >= 0.3 is 0 Å². The van der Waals surface area contributed by atoms with E-state index in [2.05, 4.69) is 20.9 Å². The lowest BCUT2D eigenvalue weighted by atomic mass is 10.2. The Labute approximate surface area is 98.7 Å². The number of halogens is 1. The molecule has 16 heavy (non-hydrogen) atoms. The molecule has 0 spiro atoms. The third-order valence-electron chi connectivity index (χ3n) is 2.29. The highest BCUT2D eigenvalue weighted by Crippen LogP contribution is 2.24. The van der Waals surface area contributed by atoms with Gasteiger partial charge in [0, 0.05) is 7.05 Å². The Kier molecular flexibility index (Phi) is 2.40. The first-order valence-corrected chi connectivity index (χ1v) is 5.14. The van der Waals surface area contributed by atoms with Crippen molar-refractivity contribution in [1.82, 2.24) is 9.55 Å². The van der Waals surface area contributed by atoms with Crippen LogP contribution < -0.4 is 5.56 Å². The monoisotopic (exact) mass is 279 g/mol. The molecule has 0 saturated carbocycles. The number of hydrogen-bond donors (Lipinski definition) is 1. The summed E-state index contributed by atoms with van der Waals surface area (Å²) in [5, 5.41) is 18.5. The summed E-state index contributed by atoms with van der Waals surface area (Å²) in [6, 6.07) is 4.98. The van der Waals surface area contributed by atoms with E-state index in [0.29, 0.717) is 10.1 Å². The predicted molar refractivity (Wildman–Crippen MR) is 61.1 cm³/mol. The molecule has 0 aliphatic rings. The topological polar surface area (TPSA) is 78.9 Å². The number of hydrogen-bond acceptors (Lipinski definition) is 4. The molecule has 2 heterocycles. The molecular formula is C10H6BrN3O2. The Balaban J connectivity index is 3.10. The fourth-order valence-electron chi connectivity index (χ4n) is 1.47. The number of rotatable bonds is 0. The minimum Gasteiger partial charge on any atom is -0.504 e. The first-order valence-electron chi connectivity index (χ1n) is 4.34. The van der Waals surface area contributed by atoms with Gasteiger partial charge in [-0.05, 0) is 28.1 Å². The van der Waals surface area contributed by atoms with Gasteiger partial charge in [-0.25, -0.2) is 4.98 Å². The Morgan fingerprint density at radius 3 is 2.88 bits per heavy atom. The molecule has 0 fully saturated rings. The van der Waals surface area contributed by atoms with Crippen LogP contribution in [0.2, 0.25) is 0 Å². The van der Waals surface area contributed by atoms with Gasteiger partial charge in [-0.1, -0.05) is 0 Å². The quantitative estimate of drug-likeness (QED) is 0.737. The second kappa shape index (κ2) is 3.61. The van der Waals surface area contributed by atoms with Crippen LogP contribution in [0.15, 0.2) is 21.5 Å². The number of aromatic nitrogens is 2. The molecule has 0 aromatic carbocycles. The zero-order chi connectivity index (χ0) is 11.9. The van der Waals surface area contributed by atoms with Crippen molar-refractivity contribution < 1.29 is 5.11 Å². The van der Waals surface area contributed by atoms with Gasteiger partial charge in [0.2, 0.25) is 0 Å². The second-order valence-electron chi connectivity index (χ2n) is 3.20. The molecule has 6 heteroatoms. The van der Waals surface area contributed by atoms with Crippen LogP contribution in [0.1, 0.15) is 5.56 Å². The summed E-state index contributed by atoms with van der Waals surface area (Å²) in [5.41, 5.74) is -0.116. The van der Waals surface area contributed by atoms with Crippen LogP contribution in [0.4, 0.5) is 0 Å². The van der Waals surface area contributed by atoms with Crippen LogP contribution in [-0.4, -0.2) is 14.7 Å². The van der Waals surface area contributed by atoms with E-state index < -0.39 is 5.56 Å². The Bertz CT molecular complexity index is 685. The highest BCUT2D eigenvalue weighted by atomic mass is 79.9. The highest BCUT2D eigenvalue weighted by molar-refractivity contribution is 9.10. The Hall–Kier alpha value is -1.87. The number of nitrogens with zero attached hydrogens (tertiary/aromatic N) is 3. The smallest absolute Gasteiger partial charge is 0.272 e. The summed E-state index contributed by atoms with van der Waals surface area (Å²) in [6.07, 6.45) is 0. The van der Waals surface area contributed by atoms with Gasteiger partial charge in [0.15, 0.2) is 11.3 Å². The zero-order valence-corrected chi connectivity index (χ0v) is 9.82. The van der Waals surface area contributed by atoms with E-state index in [1.165, 1.54) is 11.6 Å². The minimum atomic E-state index is -0.531. The van der Waals surface area contributed by atoms with E-state index in [0.717, 1.165) is 0 Å². The molecule has 2 rings (SSSR count). The van der Waals surface area contributed by atoms with Crippen molar-refractivity contribution >= 4 is 27.0 Å². The second-order valence-corrected chi connectivity index (χ2v) is 4.01. The number of aryl methyl sites for hydroxylation is 1. The maximum absolute atomic E-state index is 11.7. The molecule has 5 nitrogen and oxygen atoms in total. The Morgan fingerprint density at radius 2 is 2.25 bits per heavy atom. The third-order valence-corrected chi connectivity index (χ3v) is 2.73. The van der Waals surface area contributed by atoms with Crippen molar-refractivity contribution in [2.45, 2.75) is 0 Å². The van der Waals surface area contributed by atoms with E-state index in [1.54, 1.807) is 18.2 Å². The fraction of sp³-hybridized carbons (Fsp3) is 0.100. The first-order chi connectivity index (χ1) is 7.56. The molecule has 1 N–H and O–H groups in total. The van der Waals surface area contributed by atoms with Crippen LogP contribution in [0, 0.1) is 11.3 Å². The molecule has 2 aromatic rings. The third kappa shape index (κ3) is 1.37. The fourth-order valence-corrected chi connectivity index (χ4v) is 1.78. The van der Waals surface area contributed by atoms with Crippen molar-refractivity contribution in [2.24, 2.45) is 7.05 Å². The maximum atomic E-state index is 11.7. The predicted octanol–water partition coefficient (Wildman–Crippen LogP) is 1.27. The molecule has 0 unspecified atom stereocenters. The first kappa shape index (κ1) is 10.6. The van der Waals surface area contributed by atoms with Crippen molar-refractivity contribution in [1.29, 1.82) is 5.26 Å². The van der Waals surface area contributed by atoms with Gasteiger partial charge in [0.25, 0.3) is 5.56 Å². The molecule has 2 aromatic heterocycles. The molecule has 0 radical (unpaired) electrons. The molecule has 80 valence electrons. The Morgan fingerprint density at radius 1 is 1.56 bits per heavy atom. The van der Waals surface area contributed by atoms with E-state index in [4.69, 9.17) is 5.26 Å². The van der Waals surface area contributed by atoms with Gasteiger partial charge in [-0.15, -0.1) is 0 Å². The summed E-state index contributed by atoms with van der Waals surface area (Å²) in [5.74, 6) is -0.373. The SMILES string of the molecule is Cn1c(=O)c(C#N)c(O)c2nc(Br)ccc21.